The Kier molecular flexibility index (Phi) is 7.00. The Hall–Kier alpha value is -4.44. The van der Waals surface area contributed by atoms with Crippen molar-refractivity contribution < 1.29 is 4.42 Å². The van der Waals surface area contributed by atoms with Crippen LogP contribution in [0.5, 0.6) is 0 Å². The minimum absolute atomic E-state index is 0.00675. The van der Waals surface area contributed by atoms with Gasteiger partial charge >= 0.3 is 0 Å². The second-order valence-electron chi connectivity index (χ2n) is 20.0. The molecule has 1 saturated carbocycles. The van der Waals surface area contributed by atoms with Crippen molar-refractivity contribution in [3.63, 3.8) is 0 Å². The minimum Gasteiger partial charge on any atom is -0.468 e. The maximum absolute atomic E-state index is 7.19. The smallest absolute Gasteiger partial charge is 0.296 e. The van der Waals surface area contributed by atoms with Gasteiger partial charge in [0.1, 0.15) is 5.58 Å². The van der Waals surface area contributed by atoms with Gasteiger partial charge in [-0.25, -0.2) is 0 Å². The Morgan fingerprint density at radius 1 is 0.648 bits per heavy atom. The fourth-order valence-electron chi connectivity index (χ4n) is 11.4. The number of hydrogen-bond donors (Lipinski definition) is 0. The number of aryl methyl sites for hydroxylation is 2. The first-order valence-corrected chi connectivity index (χ1v) is 20.5. The van der Waals surface area contributed by atoms with Crippen LogP contribution in [0, 0.1) is 30.6 Å². The van der Waals surface area contributed by atoms with Crippen LogP contribution in [0.2, 0.25) is 0 Å². The lowest BCUT2D eigenvalue weighted by molar-refractivity contribution is 0.121. The molecule has 54 heavy (non-hydrogen) atoms. The molecule has 10 rings (SSSR count). The summed E-state index contributed by atoms with van der Waals surface area (Å²) in [6.45, 7) is 24.3. The molecule has 0 saturated heterocycles. The number of furan rings is 1. The monoisotopic (exact) mass is 710 g/mol. The molecule has 274 valence electrons. The van der Waals surface area contributed by atoms with Gasteiger partial charge in [-0.15, -0.1) is 0 Å². The van der Waals surface area contributed by atoms with Crippen molar-refractivity contribution in [2.75, 3.05) is 9.80 Å². The Morgan fingerprint density at radius 3 is 2.04 bits per heavy atom. The van der Waals surface area contributed by atoms with E-state index in [1.54, 1.807) is 5.57 Å². The van der Waals surface area contributed by atoms with Crippen LogP contribution in [0.4, 0.5) is 28.4 Å². The largest absolute Gasteiger partial charge is 0.468 e. The molecular formula is C50H55BN2O. The molecule has 5 aromatic rings. The first-order valence-electron chi connectivity index (χ1n) is 20.5. The second-order valence-corrected chi connectivity index (χ2v) is 20.0. The zero-order chi connectivity index (χ0) is 37.7. The van der Waals surface area contributed by atoms with Crippen molar-refractivity contribution in [2.24, 2.45) is 16.7 Å². The molecule has 0 bridgehead atoms. The highest BCUT2D eigenvalue weighted by Gasteiger charge is 2.53. The molecule has 1 aromatic heterocycles. The highest BCUT2D eigenvalue weighted by molar-refractivity contribution is 6.95. The predicted molar refractivity (Wildman–Crippen MR) is 229 cm³/mol. The third-order valence-corrected chi connectivity index (χ3v) is 14.8. The van der Waals surface area contributed by atoms with Crippen LogP contribution in [-0.4, -0.2) is 6.71 Å². The molecule has 5 aliphatic rings. The molecule has 0 amide bonds. The van der Waals surface area contributed by atoms with Crippen molar-refractivity contribution in [2.45, 2.75) is 112 Å². The second kappa shape index (κ2) is 11.1. The van der Waals surface area contributed by atoms with Crippen LogP contribution < -0.4 is 20.9 Å². The zero-order valence-corrected chi connectivity index (χ0v) is 34.1. The summed E-state index contributed by atoms with van der Waals surface area (Å²) in [5, 5.41) is 1.18. The van der Waals surface area contributed by atoms with Gasteiger partial charge in [0.25, 0.3) is 6.71 Å². The van der Waals surface area contributed by atoms with Crippen molar-refractivity contribution in [1.29, 1.82) is 0 Å². The first-order chi connectivity index (χ1) is 25.6. The third-order valence-electron chi connectivity index (χ3n) is 14.8. The van der Waals surface area contributed by atoms with E-state index in [-0.39, 0.29) is 28.4 Å². The van der Waals surface area contributed by atoms with Gasteiger partial charge in [0.05, 0.1) is 17.0 Å². The number of fused-ring (bicyclic) bond motifs is 7. The fourth-order valence-corrected chi connectivity index (χ4v) is 11.4. The lowest BCUT2D eigenvalue weighted by atomic mass is 9.33. The number of benzene rings is 4. The highest BCUT2D eigenvalue weighted by Crippen LogP contribution is 2.59. The van der Waals surface area contributed by atoms with Gasteiger partial charge in [0.15, 0.2) is 0 Å². The Labute approximate surface area is 323 Å². The van der Waals surface area contributed by atoms with Crippen LogP contribution in [-0.2, 0) is 10.8 Å². The molecule has 4 heteroatoms. The summed E-state index contributed by atoms with van der Waals surface area (Å²) in [6.07, 6.45) is 8.58. The summed E-state index contributed by atoms with van der Waals surface area (Å²) in [4.78, 5) is 5.25. The Bertz CT molecular complexity index is 2470. The van der Waals surface area contributed by atoms with E-state index in [0.29, 0.717) is 5.92 Å². The summed E-state index contributed by atoms with van der Waals surface area (Å²) in [5.41, 5.74) is 20.3. The summed E-state index contributed by atoms with van der Waals surface area (Å²) < 4.78 is 7.19. The minimum atomic E-state index is -0.00675. The van der Waals surface area contributed by atoms with Gasteiger partial charge in [0.2, 0.25) is 0 Å². The van der Waals surface area contributed by atoms with Crippen LogP contribution in [0.3, 0.4) is 0 Å². The summed E-state index contributed by atoms with van der Waals surface area (Å²) in [6, 6.07) is 30.0. The topological polar surface area (TPSA) is 19.6 Å². The molecule has 1 fully saturated rings. The van der Waals surface area contributed by atoms with Gasteiger partial charge in [-0.05, 0) is 143 Å². The van der Waals surface area contributed by atoms with Crippen molar-refractivity contribution in [1.82, 2.24) is 0 Å². The maximum Gasteiger partial charge on any atom is 0.296 e. The van der Waals surface area contributed by atoms with Crippen LogP contribution in [0.25, 0.3) is 11.0 Å². The predicted octanol–water partition coefficient (Wildman–Crippen LogP) is 12.5. The average molecular weight is 711 g/mol. The lowest BCUT2D eigenvalue weighted by Crippen LogP contribution is -2.56. The highest BCUT2D eigenvalue weighted by atomic mass is 16.3. The van der Waals surface area contributed by atoms with Crippen LogP contribution in [0.1, 0.15) is 110 Å². The number of nitrogens with zero attached hydrogens (tertiary/aromatic N) is 2. The van der Waals surface area contributed by atoms with Gasteiger partial charge in [-0.2, -0.15) is 0 Å². The standard InChI is InChI=1S/C50H55BN2O/c1-30-15-13-16-31(2)44(30)53-40-19-14-18-39-43(40)51(46-45(53)33-17-11-12-20-42(33)54-46)38-28-36-37(50(9,10)26-25-49(36,7)8)29-41(38)52(39)32-21-22-34-35(27-32)48(5,6)24-23-47(34,3)4/h11-22,27-28,37H,23-26,29H2,1-10H3. The van der Waals surface area contributed by atoms with E-state index in [2.05, 4.69) is 164 Å². The van der Waals surface area contributed by atoms with Gasteiger partial charge < -0.3 is 14.2 Å². The number of anilines is 5. The van der Waals surface area contributed by atoms with Crippen molar-refractivity contribution in [3.8, 4) is 0 Å². The lowest BCUT2D eigenvalue weighted by Gasteiger charge is -2.53. The Balaban J connectivity index is 1.31. The quantitative estimate of drug-likeness (QED) is 0.170. The third kappa shape index (κ3) is 4.61. The zero-order valence-electron chi connectivity index (χ0n) is 34.1. The number of allylic oxidation sites excluding steroid dienone is 4. The number of para-hydroxylation sites is 2. The normalized spacial score (nSPS) is 22.6. The Morgan fingerprint density at radius 2 is 1.30 bits per heavy atom. The van der Waals surface area contributed by atoms with E-state index >= 15 is 0 Å². The molecule has 4 aromatic carbocycles. The summed E-state index contributed by atoms with van der Waals surface area (Å²) in [5.74, 6) is 0.477. The van der Waals surface area contributed by atoms with Crippen LogP contribution in [0.15, 0.2) is 106 Å². The SMILES string of the molecule is Cc1cccc(C)c1N1c2cccc3c2B(C2=C(CC4C(=C2)C(C)(C)CCC4(C)C)N3c2ccc3c(c2)C(C)(C)CCC3(C)C)c2oc3ccccc3c21. The van der Waals surface area contributed by atoms with E-state index < -0.39 is 0 Å². The van der Waals surface area contributed by atoms with E-state index in [4.69, 9.17) is 4.42 Å². The molecule has 0 N–H and O–H groups in total. The fraction of sp³-hybridized carbons (Fsp3) is 0.400. The molecule has 3 nitrogen and oxygen atoms in total. The van der Waals surface area contributed by atoms with E-state index in [0.717, 1.165) is 17.7 Å². The molecule has 3 heterocycles. The van der Waals surface area contributed by atoms with Gasteiger partial charge in [-0.3, -0.25) is 0 Å². The molecular weight excluding hydrogens is 655 g/mol. The van der Waals surface area contributed by atoms with Crippen molar-refractivity contribution >= 4 is 57.2 Å². The average Bonchev–Trinajstić information content (AvgIpc) is 3.52. The van der Waals surface area contributed by atoms with E-state index in [9.17, 15) is 0 Å². The molecule has 1 unspecified atom stereocenters. The van der Waals surface area contributed by atoms with Crippen molar-refractivity contribution in [3.05, 3.63) is 124 Å². The number of rotatable bonds is 2. The first kappa shape index (κ1) is 34.1. The van der Waals surface area contributed by atoms with E-state index in [1.807, 2.05) is 0 Å². The van der Waals surface area contributed by atoms with Gasteiger partial charge in [-0.1, -0.05) is 110 Å². The molecule has 0 spiro atoms. The van der Waals surface area contributed by atoms with E-state index in [1.165, 1.54) is 98.4 Å². The molecule has 0 radical (unpaired) electrons. The number of hydrogen-bond acceptors (Lipinski definition) is 3. The summed E-state index contributed by atoms with van der Waals surface area (Å²) >= 11 is 0. The molecule has 2 aliphatic heterocycles. The molecule has 1 atom stereocenters. The summed E-state index contributed by atoms with van der Waals surface area (Å²) in [7, 11) is 0. The maximum atomic E-state index is 7.19. The van der Waals surface area contributed by atoms with Crippen LogP contribution >= 0.6 is 0 Å². The molecule has 3 aliphatic carbocycles. The van der Waals surface area contributed by atoms with Gasteiger partial charge in [0, 0.05) is 28.1 Å².